The van der Waals surface area contributed by atoms with Gasteiger partial charge < -0.3 is 5.32 Å². The van der Waals surface area contributed by atoms with Crippen LogP contribution in [0.2, 0.25) is 0 Å². The number of aromatic amines is 1. The molecule has 5 heteroatoms. The topological polar surface area (TPSA) is 61.0 Å². The van der Waals surface area contributed by atoms with Crippen LogP contribution in [0.1, 0.15) is 56.0 Å². The van der Waals surface area contributed by atoms with Gasteiger partial charge in [-0.15, -0.1) is 0 Å². The third kappa shape index (κ3) is 4.85. The summed E-state index contributed by atoms with van der Waals surface area (Å²) in [5, 5.41) is 10.5. The average molecular weight is 369 g/mol. The first-order valence-corrected chi connectivity index (χ1v) is 10.2. The number of hydrogen-bond acceptors (Lipinski definition) is 4. The lowest BCUT2D eigenvalue weighted by atomic mass is 9.96. The van der Waals surface area contributed by atoms with E-state index in [0.29, 0.717) is 18.6 Å². The second-order valence-electron chi connectivity index (χ2n) is 7.57. The summed E-state index contributed by atoms with van der Waals surface area (Å²) in [6, 6.07) is 11.7. The predicted molar refractivity (Wildman–Crippen MR) is 110 cm³/mol. The summed E-state index contributed by atoms with van der Waals surface area (Å²) in [4.78, 5) is 14.8. The maximum atomic E-state index is 12.3. The van der Waals surface area contributed by atoms with Crippen LogP contribution in [-0.4, -0.2) is 33.7 Å². The lowest BCUT2D eigenvalue weighted by molar-refractivity contribution is 0.128. The van der Waals surface area contributed by atoms with Gasteiger partial charge in [0, 0.05) is 37.3 Å². The zero-order chi connectivity index (χ0) is 19.2. The van der Waals surface area contributed by atoms with Crippen molar-refractivity contribution in [3.8, 4) is 0 Å². The van der Waals surface area contributed by atoms with Crippen LogP contribution in [0.3, 0.4) is 0 Å². The first-order chi connectivity index (χ1) is 13.1. The Kier molecular flexibility index (Phi) is 6.80. The smallest absolute Gasteiger partial charge is 0.268 e. The van der Waals surface area contributed by atoms with Crippen LogP contribution in [0, 0.1) is 0 Å². The van der Waals surface area contributed by atoms with Gasteiger partial charge in [0.25, 0.3) is 5.56 Å². The Hall–Kier alpha value is -1.98. The molecule has 5 nitrogen and oxygen atoms in total. The van der Waals surface area contributed by atoms with E-state index in [-0.39, 0.29) is 5.56 Å². The van der Waals surface area contributed by atoms with Gasteiger partial charge in [-0.3, -0.25) is 9.69 Å². The van der Waals surface area contributed by atoms with Gasteiger partial charge in [-0.2, -0.15) is 5.10 Å². The van der Waals surface area contributed by atoms with Crippen molar-refractivity contribution >= 4 is 0 Å². The van der Waals surface area contributed by atoms with E-state index in [0.717, 1.165) is 55.6 Å². The largest absolute Gasteiger partial charge is 0.310 e. The third-order valence-electron chi connectivity index (χ3n) is 5.78. The molecule has 27 heavy (non-hydrogen) atoms. The fraction of sp³-hybridized carbons (Fsp3) is 0.545. The molecule has 0 bridgehead atoms. The van der Waals surface area contributed by atoms with Crippen molar-refractivity contribution in [2.24, 2.45) is 0 Å². The summed E-state index contributed by atoms with van der Waals surface area (Å²) in [6.07, 6.45) is 3.92. The van der Waals surface area contributed by atoms with Crippen LogP contribution in [0.5, 0.6) is 0 Å². The maximum Gasteiger partial charge on any atom is 0.268 e. The summed E-state index contributed by atoms with van der Waals surface area (Å²) in [6.45, 7) is 9.22. The second-order valence-corrected chi connectivity index (χ2v) is 7.57. The van der Waals surface area contributed by atoms with Crippen LogP contribution >= 0.6 is 0 Å². The molecule has 1 aliphatic rings. The molecule has 1 saturated heterocycles. The highest BCUT2D eigenvalue weighted by Gasteiger charge is 2.25. The number of hydrogen-bond donors (Lipinski definition) is 2. The van der Waals surface area contributed by atoms with Gasteiger partial charge in [0.05, 0.1) is 5.69 Å². The normalized spacial score (nSPS) is 20.7. The van der Waals surface area contributed by atoms with Crippen LogP contribution < -0.4 is 10.9 Å². The van der Waals surface area contributed by atoms with Crippen LogP contribution in [0.25, 0.3) is 0 Å². The Labute approximate surface area is 162 Å². The third-order valence-corrected chi connectivity index (χ3v) is 5.78. The van der Waals surface area contributed by atoms with E-state index in [1.54, 1.807) is 0 Å². The summed E-state index contributed by atoms with van der Waals surface area (Å²) in [5.74, 6) is 0. The van der Waals surface area contributed by atoms with E-state index in [1.807, 2.05) is 0 Å². The number of aryl methyl sites for hydroxylation is 1. The van der Waals surface area contributed by atoms with Crippen molar-refractivity contribution in [2.75, 3.05) is 6.54 Å². The standard InChI is InChI=1S/C22H32N4O/c1-4-19-20(22(27)25-24-21(19)5-2)14-23-18-11-12-26(16(3)13-18)15-17-9-7-6-8-10-17/h6-10,16,18,23H,4-5,11-15H2,1-3H3,(H,25,27)/t16-,18-/m0/s1. The molecule has 1 aliphatic heterocycles. The van der Waals surface area contributed by atoms with E-state index < -0.39 is 0 Å². The first kappa shape index (κ1) is 19.8. The molecule has 3 rings (SSSR count). The molecule has 0 amide bonds. The second kappa shape index (κ2) is 9.29. The van der Waals surface area contributed by atoms with Crippen LogP contribution in [0.15, 0.2) is 35.1 Å². The number of benzene rings is 1. The molecule has 0 saturated carbocycles. The number of likely N-dealkylation sites (tertiary alicyclic amines) is 1. The number of rotatable bonds is 7. The molecular formula is C22H32N4O. The number of H-pyrrole nitrogens is 1. The summed E-state index contributed by atoms with van der Waals surface area (Å²) < 4.78 is 0. The monoisotopic (exact) mass is 368 g/mol. The van der Waals surface area contributed by atoms with Gasteiger partial charge in [-0.25, -0.2) is 5.10 Å². The van der Waals surface area contributed by atoms with E-state index in [1.165, 1.54) is 5.56 Å². The summed E-state index contributed by atoms with van der Waals surface area (Å²) in [7, 11) is 0. The minimum absolute atomic E-state index is 0.0499. The molecule has 0 unspecified atom stereocenters. The van der Waals surface area contributed by atoms with E-state index >= 15 is 0 Å². The van der Waals surface area contributed by atoms with Gasteiger partial charge in [0.1, 0.15) is 0 Å². The molecule has 0 radical (unpaired) electrons. The zero-order valence-corrected chi connectivity index (χ0v) is 16.8. The Morgan fingerprint density at radius 2 is 1.96 bits per heavy atom. The van der Waals surface area contributed by atoms with E-state index in [9.17, 15) is 4.79 Å². The molecule has 1 fully saturated rings. The summed E-state index contributed by atoms with van der Waals surface area (Å²) in [5.41, 5.74) is 4.32. The molecule has 2 aromatic rings. The van der Waals surface area contributed by atoms with Crippen molar-refractivity contribution in [3.63, 3.8) is 0 Å². The number of nitrogens with zero attached hydrogens (tertiary/aromatic N) is 2. The summed E-state index contributed by atoms with van der Waals surface area (Å²) >= 11 is 0. The molecule has 0 aliphatic carbocycles. The molecular weight excluding hydrogens is 336 g/mol. The quantitative estimate of drug-likeness (QED) is 0.789. The number of piperidine rings is 1. The Morgan fingerprint density at radius 3 is 2.63 bits per heavy atom. The minimum Gasteiger partial charge on any atom is -0.310 e. The SMILES string of the molecule is CCc1n[nH]c(=O)c(CN[C@H]2CCN(Cc3ccccc3)[C@@H](C)C2)c1CC. The van der Waals surface area contributed by atoms with Gasteiger partial charge in [-0.1, -0.05) is 44.2 Å². The zero-order valence-electron chi connectivity index (χ0n) is 16.8. The number of nitrogens with one attached hydrogen (secondary N) is 2. The first-order valence-electron chi connectivity index (χ1n) is 10.2. The molecule has 1 aromatic heterocycles. The van der Waals surface area contributed by atoms with Gasteiger partial charge in [0.15, 0.2) is 0 Å². The average Bonchev–Trinajstić information content (AvgIpc) is 2.69. The van der Waals surface area contributed by atoms with E-state index in [4.69, 9.17) is 0 Å². The van der Waals surface area contributed by atoms with E-state index in [2.05, 4.69) is 71.5 Å². The lowest BCUT2D eigenvalue weighted by Crippen LogP contribution is -2.47. The van der Waals surface area contributed by atoms with Crippen molar-refractivity contribution in [2.45, 2.75) is 71.6 Å². The molecule has 2 heterocycles. The highest BCUT2D eigenvalue weighted by atomic mass is 16.1. The van der Waals surface area contributed by atoms with Crippen molar-refractivity contribution in [1.29, 1.82) is 0 Å². The van der Waals surface area contributed by atoms with Crippen LogP contribution in [0.4, 0.5) is 0 Å². The highest BCUT2D eigenvalue weighted by molar-refractivity contribution is 5.28. The van der Waals surface area contributed by atoms with Gasteiger partial charge in [-0.05, 0) is 43.7 Å². The minimum atomic E-state index is -0.0499. The molecule has 0 spiro atoms. The Balaban J connectivity index is 1.59. The van der Waals surface area contributed by atoms with Crippen LogP contribution in [-0.2, 0) is 25.9 Å². The van der Waals surface area contributed by atoms with Crippen molar-refractivity contribution < 1.29 is 0 Å². The predicted octanol–water partition coefficient (Wildman–Crippen LogP) is 3.04. The number of aromatic nitrogens is 2. The molecule has 1 aromatic carbocycles. The lowest BCUT2D eigenvalue weighted by Gasteiger charge is -2.38. The molecule has 2 atom stereocenters. The fourth-order valence-electron chi connectivity index (χ4n) is 4.17. The van der Waals surface area contributed by atoms with Gasteiger partial charge in [0.2, 0.25) is 0 Å². The highest BCUT2D eigenvalue weighted by Crippen LogP contribution is 2.20. The molecule has 2 N–H and O–H groups in total. The van der Waals surface area contributed by atoms with Gasteiger partial charge >= 0.3 is 0 Å². The van der Waals surface area contributed by atoms with Crippen molar-refractivity contribution in [1.82, 2.24) is 20.4 Å². The maximum absolute atomic E-state index is 12.3. The fourth-order valence-corrected chi connectivity index (χ4v) is 4.17. The van der Waals surface area contributed by atoms with Crippen molar-refractivity contribution in [3.05, 3.63) is 63.1 Å². The Morgan fingerprint density at radius 1 is 1.19 bits per heavy atom. The molecule has 146 valence electrons. The Bertz CT molecular complexity index is 787.